The molecular weight excluding hydrogens is 452 g/mol. The fourth-order valence-corrected chi connectivity index (χ4v) is 6.41. The number of fused-ring (bicyclic) bond motifs is 2. The van der Waals surface area contributed by atoms with E-state index in [4.69, 9.17) is 11.5 Å². The second kappa shape index (κ2) is 7.94. The largest absolute Gasteiger partial charge is 0.551 e. The maximum atomic E-state index is 13.3. The van der Waals surface area contributed by atoms with Crippen molar-refractivity contribution in [2.75, 3.05) is 6.54 Å². The minimum absolute atomic E-state index is 0.00112. The highest BCUT2D eigenvalue weighted by molar-refractivity contribution is 6.21. The van der Waals surface area contributed by atoms with Crippen molar-refractivity contribution in [2.45, 2.75) is 46.1 Å². The molecule has 4 aliphatic carbocycles. The molecule has 9 heteroatoms. The van der Waals surface area contributed by atoms with Gasteiger partial charge in [-0.15, -0.1) is 5.57 Å². The molecule has 0 aromatic heterocycles. The van der Waals surface area contributed by atoms with E-state index >= 15 is 0 Å². The van der Waals surface area contributed by atoms with Crippen molar-refractivity contribution in [3.8, 4) is 0 Å². The van der Waals surface area contributed by atoms with Gasteiger partial charge in [0.05, 0.1) is 5.76 Å². The van der Waals surface area contributed by atoms with E-state index in [0.29, 0.717) is 5.57 Å². The number of allylic oxidation sites excluding steroid dienone is 5. The van der Waals surface area contributed by atoms with E-state index in [1.807, 2.05) is 13.8 Å². The third-order valence-electron chi connectivity index (χ3n) is 8.01. The van der Waals surface area contributed by atoms with Crippen LogP contribution in [0.4, 0.5) is 0 Å². The van der Waals surface area contributed by atoms with Gasteiger partial charge in [-0.3, -0.25) is 9.59 Å². The van der Waals surface area contributed by atoms with Gasteiger partial charge in [0.25, 0.3) is 5.91 Å². The summed E-state index contributed by atoms with van der Waals surface area (Å²) in [6.07, 6.45) is 2.62. The topological polar surface area (TPSA) is 184 Å². The van der Waals surface area contributed by atoms with Crippen LogP contribution in [0.1, 0.15) is 40.5 Å². The summed E-state index contributed by atoms with van der Waals surface area (Å²) in [4.78, 5) is 38.2. The van der Waals surface area contributed by atoms with E-state index in [2.05, 4.69) is 0 Å². The van der Waals surface area contributed by atoms with E-state index in [-0.39, 0.29) is 30.5 Å². The smallest absolute Gasteiger partial charge is 0.255 e. The second-order valence-corrected chi connectivity index (χ2v) is 10.5. The van der Waals surface area contributed by atoms with Gasteiger partial charge in [-0.1, -0.05) is 54.7 Å². The van der Waals surface area contributed by atoms with Crippen molar-refractivity contribution in [3.63, 3.8) is 0 Å². The average Bonchev–Trinajstić information content (AvgIpc) is 2.75. The molecule has 9 nitrogen and oxygen atoms in total. The molecule has 0 saturated carbocycles. The zero-order chi connectivity index (χ0) is 26.2. The number of primary amides is 1. The number of hydrogen-bond donors (Lipinski definition) is 6. The predicted molar refractivity (Wildman–Crippen MR) is 126 cm³/mol. The number of aliphatic hydroxyl groups excluding tert-OH is 3. The number of nitrogens with two attached hydrogens (primary N) is 2. The lowest BCUT2D eigenvalue weighted by Crippen LogP contribution is -2.61. The summed E-state index contributed by atoms with van der Waals surface area (Å²) in [5, 5.41) is 45.6. The van der Waals surface area contributed by atoms with Gasteiger partial charge in [0, 0.05) is 18.4 Å². The summed E-state index contributed by atoms with van der Waals surface area (Å²) >= 11 is 0. The number of aliphatic hydroxyl groups is 4. The fraction of sp³-hybridized carbons (Fsp3) is 0.462. The van der Waals surface area contributed by atoms with E-state index in [0.717, 1.165) is 11.1 Å². The molecule has 1 amide bonds. The Morgan fingerprint density at radius 1 is 1.20 bits per heavy atom. The van der Waals surface area contributed by atoms with Gasteiger partial charge >= 0.3 is 0 Å². The van der Waals surface area contributed by atoms with Gasteiger partial charge < -0.3 is 36.7 Å². The fourth-order valence-electron chi connectivity index (χ4n) is 6.41. The highest BCUT2D eigenvalue weighted by Crippen LogP contribution is 2.62. The Hall–Kier alpha value is -3.14. The molecule has 4 atom stereocenters. The van der Waals surface area contributed by atoms with Crippen LogP contribution >= 0.6 is 0 Å². The zero-order valence-electron chi connectivity index (χ0n) is 20.2. The van der Waals surface area contributed by atoms with Crippen molar-refractivity contribution >= 4 is 17.5 Å². The van der Waals surface area contributed by atoms with Gasteiger partial charge in [-0.2, -0.15) is 0 Å². The first-order valence-electron chi connectivity index (χ1n) is 11.6. The SMILES string of the molecule is CC(C)=C1C=CC(=O)C2=C1CC1(CN)CC3C(C(C)C)C(=O)C(C(N)=O)=C(O)C3(O)C(O)=C1[C-]2O. The van der Waals surface area contributed by atoms with Crippen LogP contribution in [0.5, 0.6) is 0 Å². The summed E-state index contributed by atoms with van der Waals surface area (Å²) in [5.41, 5.74) is 9.19. The maximum absolute atomic E-state index is 13.3. The Kier molecular flexibility index (Phi) is 5.67. The number of hydrogen-bond acceptors (Lipinski definition) is 8. The van der Waals surface area contributed by atoms with Gasteiger partial charge in [-0.05, 0) is 37.7 Å². The Balaban J connectivity index is 2.07. The first kappa shape index (κ1) is 25.0. The standard InChI is InChI=1S/C26H31N2O7/c1-10(2)12-5-6-15(29)17-13(12)7-25(9-27)8-14-16(11(3)4)20(30)18(24(28)34)22(32)26(14,35)23(33)19(25)21(17)31/h5-6,11,14,16,31-33,35H,7-9,27H2,1-4H3,(H2,28,34)/q-1. The molecule has 0 aromatic carbocycles. The van der Waals surface area contributed by atoms with Gasteiger partial charge in [0.2, 0.25) is 0 Å². The van der Waals surface area contributed by atoms with Crippen molar-refractivity contribution in [1.82, 2.24) is 0 Å². The molecule has 0 bridgehead atoms. The minimum Gasteiger partial charge on any atom is -0.551 e. The van der Waals surface area contributed by atoms with Crippen LogP contribution in [-0.4, -0.2) is 50.0 Å². The molecule has 0 radical (unpaired) electrons. The summed E-state index contributed by atoms with van der Waals surface area (Å²) < 4.78 is 0. The molecule has 0 fully saturated rings. The van der Waals surface area contributed by atoms with Crippen LogP contribution in [0, 0.1) is 29.3 Å². The highest BCUT2D eigenvalue weighted by Gasteiger charge is 2.63. The first-order valence-corrected chi connectivity index (χ1v) is 11.6. The summed E-state index contributed by atoms with van der Waals surface area (Å²) in [6, 6.07) is 0. The number of carbonyl (C=O) groups excluding carboxylic acids is 3. The van der Waals surface area contributed by atoms with Crippen LogP contribution < -0.4 is 11.5 Å². The molecule has 35 heavy (non-hydrogen) atoms. The molecule has 0 aromatic rings. The summed E-state index contributed by atoms with van der Waals surface area (Å²) in [6.45, 7) is 7.12. The normalized spacial score (nSPS) is 32.8. The van der Waals surface area contributed by atoms with Crippen molar-refractivity contribution in [2.24, 2.45) is 34.6 Å². The van der Waals surface area contributed by atoms with E-state index in [9.17, 15) is 34.8 Å². The maximum Gasteiger partial charge on any atom is 0.255 e. The monoisotopic (exact) mass is 483 g/mol. The molecule has 8 N–H and O–H groups in total. The molecule has 0 aliphatic heterocycles. The minimum atomic E-state index is -2.57. The number of Topliss-reactive ketones (excluding diaryl/α,β-unsaturated/α-hetero) is 1. The molecule has 4 unspecified atom stereocenters. The lowest BCUT2D eigenvalue weighted by atomic mass is 9.50. The Bertz CT molecular complexity index is 1210. The van der Waals surface area contributed by atoms with Crippen molar-refractivity contribution < 1.29 is 34.8 Å². The van der Waals surface area contributed by atoms with E-state index in [1.54, 1.807) is 19.9 Å². The average molecular weight is 484 g/mol. The van der Waals surface area contributed by atoms with Gasteiger partial charge in [-0.25, -0.2) is 0 Å². The molecule has 0 saturated heterocycles. The number of amides is 1. The first-order chi connectivity index (χ1) is 16.2. The quantitative estimate of drug-likeness (QED) is 0.259. The summed E-state index contributed by atoms with van der Waals surface area (Å²) in [7, 11) is 0. The molecule has 4 rings (SSSR count). The van der Waals surface area contributed by atoms with E-state index < -0.39 is 69.4 Å². The van der Waals surface area contributed by atoms with Crippen LogP contribution in [0.3, 0.4) is 0 Å². The third-order valence-corrected chi connectivity index (χ3v) is 8.01. The zero-order valence-corrected chi connectivity index (χ0v) is 20.2. The van der Waals surface area contributed by atoms with Gasteiger partial charge in [0.15, 0.2) is 5.78 Å². The molecule has 188 valence electrons. The van der Waals surface area contributed by atoms with Crippen LogP contribution in [0.25, 0.3) is 0 Å². The van der Waals surface area contributed by atoms with Crippen LogP contribution in [0.2, 0.25) is 0 Å². The lowest BCUT2D eigenvalue weighted by molar-refractivity contribution is -0.140. The Labute approximate surface area is 203 Å². The predicted octanol–water partition coefficient (Wildman–Crippen LogP) is 1.73. The summed E-state index contributed by atoms with van der Waals surface area (Å²) in [5.74, 6) is -6.75. The molecule has 4 aliphatic rings. The third kappa shape index (κ3) is 3.11. The van der Waals surface area contributed by atoms with Gasteiger partial charge in [0.1, 0.15) is 22.7 Å². The Morgan fingerprint density at radius 3 is 2.34 bits per heavy atom. The number of carbonyl (C=O) groups is 3. The number of ketones is 2. The van der Waals surface area contributed by atoms with Crippen molar-refractivity contribution in [3.05, 3.63) is 63.2 Å². The lowest BCUT2D eigenvalue weighted by Gasteiger charge is -2.59. The van der Waals surface area contributed by atoms with Crippen molar-refractivity contribution in [1.29, 1.82) is 0 Å². The van der Waals surface area contributed by atoms with Crippen LogP contribution in [0.15, 0.2) is 57.1 Å². The number of rotatable bonds is 3. The molecular formula is C26H31N2O7-. The van der Waals surface area contributed by atoms with E-state index in [1.165, 1.54) is 6.08 Å². The van der Waals surface area contributed by atoms with Crippen LogP contribution in [-0.2, 0) is 14.4 Å². The molecule has 0 heterocycles. The molecule has 0 spiro atoms. The second-order valence-electron chi connectivity index (χ2n) is 10.5. The Morgan fingerprint density at radius 2 is 1.83 bits per heavy atom. The highest BCUT2D eigenvalue weighted by atomic mass is 16.4.